The van der Waals surface area contributed by atoms with Gasteiger partial charge in [-0.25, -0.2) is 0 Å². The lowest BCUT2D eigenvalue weighted by atomic mass is 10.1. The summed E-state index contributed by atoms with van der Waals surface area (Å²) in [7, 11) is 0. The molecule has 0 radical (unpaired) electrons. The van der Waals surface area contributed by atoms with E-state index in [0.29, 0.717) is 0 Å². The minimum Gasteiger partial charge on any atom is -0.284 e. The van der Waals surface area contributed by atoms with Gasteiger partial charge in [-0.1, -0.05) is 27.9 Å². The second-order valence-corrected chi connectivity index (χ2v) is 4.18. The van der Waals surface area contributed by atoms with E-state index in [4.69, 9.17) is 6.42 Å². The molecule has 2 heteroatoms. The van der Waals surface area contributed by atoms with Crippen molar-refractivity contribution in [1.82, 2.24) is 4.90 Å². The van der Waals surface area contributed by atoms with Gasteiger partial charge in [0, 0.05) is 17.6 Å². The molecule has 13 heavy (non-hydrogen) atoms. The van der Waals surface area contributed by atoms with Crippen molar-refractivity contribution in [2.75, 3.05) is 6.54 Å². The number of terminal acetylenes is 1. The van der Waals surface area contributed by atoms with Crippen molar-refractivity contribution in [2.24, 2.45) is 0 Å². The SMILES string of the molecule is C#CCN1Cc2ccc(Br)cc2C1. The van der Waals surface area contributed by atoms with Gasteiger partial charge in [0.25, 0.3) is 0 Å². The molecule has 0 amide bonds. The number of rotatable bonds is 1. The van der Waals surface area contributed by atoms with Gasteiger partial charge in [0.05, 0.1) is 6.54 Å². The molecule has 0 atom stereocenters. The van der Waals surface area contributed by atoms with E-state index in [9.17, 15) is 0 Å². The first-order valence-electron chi connectivity index (χ1n) is 4.23. The number of nitrogens with zero attached hydrogens (tertiary/aromatic N) is 1. The molecular formula is C11H10BrN. The minimum absolute atomic E-state index is 0.742. The summed E-state index contributed by atoms with van der Waals surface area (Å²) in [6.07, 6.45) is 5.27. The molecule has 1 heterocycles. The first-order valence-corrected chi connectivity index (χ1v) is 5.02. The second kappa shape index (κ2) is 3.53. The van der Waals surface area contributed by atoms with Gasteiger partial charge in [0.2, 0.25) is 0 Å². The third-order valence-corrected chi connectivity index (χ3v) is 2.76. The summed E-state index contributed by atoms with van der Waals surface area (Å²) >= 11 is 3.46. The molecule has 0 unspecified atom stereocenters. The van der Waals surface area contributed by atoms with Crippen LogP contribution in [0.4, 0.5) is 0 Å². The Bertz CT molecular complexity index is 365. The van der Waals surface area contributed by atoms with Crippen LogP contribution in [-0.4, -0.2) is 11.4 Å². The molecule has 0 bridgehead atoms. The Morgan fingerprint density at radius 2 is 2.15 bits per heavy atom. The van der Waals surface area contributed by atoms with Gasteiger partial charge in [-0.05, 0) is 23.3 Å². The van der Waals surface area contributed by atoms with Gasteiger partial charge < -0.3 is 0 Å². The molecule has 0 saturated heterocycles. The van der Waals surface area contributed by atoms with Gasteiger partial charge in [-0.3, -0.25) is 4.90 Å². The number of benzene rings is 1. The Morgan fingerprint density at radius 3 is 2.92 bits per heavy atom. The van der Waals surface area contributed by atoms with Crippen molar-refractivity contribution in [3.05, 3.63) is 33.8 Å². The van der Waals surface area contributed by atoms with Crippen molar-refractivity contribution >= 4 is 15.9 Å². The highest BCUT2D eigenvalue weighted by molar-refractivity contribution is 9.10. The molecule has 0 spiro atoms. The highest BCUT2D eigenvalue weighted by Gasteiger charge is 2.17. The quantitative estimate of drug-likeness (QED) is 0.677. The van der Waals surface area contributed by atoms with Crippen molar-refractivity contribution in [3.8, 4) is 12.3 Å². The molecule has 1 aromatic rings. The Hall–Kier alpha value is -0.780. The monoisotopic (exact) mass is 235 g/mol. The Morgan fingerprint density at radius 1 is 1.38 bits per heavy atom. The van der Waals surface area contributed by atoms with E-state index < -0.39 is 0 Å². The molecule has 2 rings (SSSR count). The highest BCUT2D eigenvalue weighted by atomic mass is 79.9. The fourth-order valence-corrected chi connectivity index (χ4v) is 2.08. The Kier molecular flexibility index (Phi) is 2.39. The summed E-state index contributed by atoms with van der Waals surface area (Å²) in [4.78, 5) is 2.26. The maximum Gasteiger partial charge on any atom is 0.0605 e. The van der Waals surface area contributed by atoms with Crippen LogP contribution in [0.2, 0.25) is 0 Å². The van der Waals surface area contributed by atoms with E-state index >= 15 is 0 Å². The molecular weight excluding hydrogens is 226 g/mol. The number of hydrogen-bond donors (Lipinski definition) is 0. The fraction of sp³-hybridized carbons (Fsp3) is 0.273. The summed E-state index contributed by atoms with van der Waals surface area (Å²) in [5, 5.41) is 0. The van der Waals surface area contributed by atoms with Crippen LogP contribution in [0.1, 0.15) is 11.1 Å². The van der Waals surface area contributed by atoms with Gasteiger partial charge in [0.1, 0.15) is 0 Å². The van der Waals surface area contributed by atoms with Crippen LogP contribution < -0.4 is 0 Å². The second-order valence-electron chi connectivity index (χ2n) is 3.26. The standard InChI is InChI=1S/C11H10BrN/c1-2-5-13-7-9-3-4-11(12)6-10(9)8-13/h1,3-4,6H,5,7-8H2. The van der Waals surface area contributed by atoms with Crippen LogP contribution in [0.15, 0.2) is 22.7 Å². The van der Waals surface area contributed by atoms with Crippen LogP contribution in [0.3, 0.4) is 0 Å². The average Bonchev–Trinajstić information content (AvgIpc) is 2.46. The lowest BCUT2D eigenvalue weighted by molar-refractivity contribution is 0.322. The van der Waals surface area contributed by atoms with Crippen LogP contribution >= 0.6 is 15.9 Å². The lowest BCUT2D eigenvalue weighted by Crippen LogP contribution is -2.15. The van der Waals surface area contributed by atoms with Crippen LogP contribution in [0.25, 0.3) is 0 Å². The molecule has 0 fully saturated rings. The summed E-state index contributed by atoms with van der Waals surface area (Å²) in [6, 6.07) is 6.42. The molecule has 1 aliphatic rings. The Balaban J connectivity index is 2.21. The zero-order valence-electron chi connectivity index (χ0n) is 7.26. The van der Waals surface area contributed by atoms with Crippen LogP contribution in [0, 0.1) is 12.3 Å². The minimum atomic E-state index is 0.742. The third kappa shape index (κ3) is 1.77. The van der Waals surface area contributed by atoms with E-state index in [1.807, 2.05) is 0 Å². The smallest absolute Gasteiger partial charge is 0.0605 e. The van der Waals surface area contributed by atoms with E-state index in [2.05, 4.69) is 44.9 Å². The van der Waals surface area contributed by atoms with Gasteiger partial charge in [-0.15, -0.1) is 6.42 Å². The predicted octanol–water partition coefficient (Wildman–Crippen LogP) is 2.40. The maximum atomic E-state index is 5.27. The number of hydrogen-bond acceptors (Lipinski definition) is 1. The van der Waals surface area contributed by atoms with Crippen molar-refractivity contribution in [2.45, 2.75) is 13.1 Å². The zero-order valence-corrected chi connectivity index (χ0v) is 8.84. The normalized spacial score (nSPS) is 15.4. The van der Waals surface area contributed by atoms with E-state index in [1.165, 1.54) is 11.1 Å². The topological polar surface area (TPSA) is 3.24 Å². The van der Waals surface area contributed by atoms with Crippen molar-refractivity contribution in [3.63, 3.8) is 0 Å². The largest absolute Gasteiger partial charge is 0.284 e. The molecule has 1 aromatic carbocycles. The fourth-order valence-electron chi connectivity index (χ4n) is 1.67. The van der Waals surface area contributed by atoms with Crippen molar-refractivity contribution < 1.29 is 0 Å². The first-order chi connectivity index (χ1) is 6.29. The third-order valence-electron chi connectivity index (χ3n) is 2.27. The first kappa shape index (κ1) is 8.80. The maximum absolute atomic E-state index is 5.27. The molecule has 0 aromatic heterocycles. The summed E-state index contributed by atoms with van der Waals surface area (Å²) in [5.41, 5.74) is 2.79. The Labute approximate surface area is 86.9 Å². The van der Waals surface area contributed by atoms with Gasteiger partial charge in [0.15, 0.2) is 0 Å². The summed E-state index contributed by atoms with van der Waals surface area (Å²) in [5.74, 6) is 2.67. The molecule has 66 valence electrons. The molecule has 1 nitrogen and oxygen atoms in total. The van der Waals surface area contributed by atoms with Gasteiger partial charge >= 0.3 is 0 Å². The lowest BCUT2D eigenvalue weighted by Gasteiger charge is -2.08. The molecule has 1 aliphatic heterocycles. The van der Waals surface area contributed by atoms with E-state index in [-0.39, 0.29) is 0 Å². The van der Waals surface area contributed by atoms with Crippen LogP contribution in [0.5, 0.6) is 0 Å². The molecule has 0 N–H and O–H groups in total. The molecule has 0 aliphatic carbocycles. The van der Waals surface area contributed by atoms with E-state index in [0.717, 1.165) is 24.1 Å². The average molecular weight is 236 g/mol. The van der Waals surface area contributed by atoms with Gasteiger partial charge in [-0.2, -0.15) is 0 Å². The highest BCUT2D eigenvalue weighted by Crippen LogP contribution is 2.25. The predicted molar refractivity (Wildman–Crippen MR) is 57.1 cm³/mol. The number of fused-ring (bicyclic) bond motifs is 1. The molecule has 0 saturated carbocycles. The van der Waals surface area contributed by atoms with Crippen molar-refractivity contribution in [1.29, 1.82) is 0 Å². The van der Waals surface area contributed by atoms with E-state index in [1.54, 1.807) is 0 Å². The van der Waals surface area contributed by atoms with Crippen LogP contribution in [-0.2, 0) is 13.1 Å². The summed E-state index contributed by atoms with van der Waals surface area (Å²) < 4.78 is 1.15. The number of halogens is 1. The zero-order chi connectivity index (χ0) is 9.26. The summed E-state index contributed by atoms with van der Waals surface area (Å²) in [6.45, 7) is 2.72.